The lowest BCUT2D eigenvalue weighted by molar-refractivity contribution is 0.0537. The van der Waals surface area contributed by atoms with Gasteiger partial charge in [-0.1, -0.05) is 62.9 Å². The van der Waals surface area contributed by atoms with Crippen molar-refractivity contribution in [2.75, 3.05) is 0 Å². The van der Waals surface area contributed by atoms with Gasteiger partial charge in [0, 0.05) is 0 Å². The Bertz CT molecular complexity index is 405. The zero-order chi connectivity index (χ0) is 13.9. The SMILES string of the molecule is CCCC1CCC(C(O)C2CC2c2ccccc2)CC1. The fourth-order valence-corrected chi connectivity index (χ4v) is 4.25. The topological polar surface area (TPSA) is 20.2 Å². The summed E-state index contributed by atoms with van der Waals surface area (Å²) in [5, 5.41) is 10.7. The highest BCUT2D eigenvalue weighted by Gasteiger charge is 2.46. The van der Waals surface area contributed by atoms with Crippen molar-refractivity contribution in [3.8, 4) is 0 Å². The van der Waals surface area contributed by atoms with Crippen LogP contribution in [0.5, 0.6) is 0 Å². The van der Waals surface area contributed by atoms with Crippen LogP contribution in [0.2, 0.25) is 0 Å². The molecule has 1 N–H and O–H groups in total. The zero-order valence-electron chi connectivity index (χ0n) is 12.7. The first-order chi connectivity index (χ1) is 9.79. The molecule has 2 saturated carbocycles. The fraction of sp³-hybridized carbons (Fsp3) is 0.684. The summed E-state index contributed by atoms with van der Waals surface area (Å²) in [6.07, 6.45) is 9.04. The van der Waals surface area contributed by atoms with Crippen LogP contribution < -0.4 is 0 Å². The van der Waals surface area contributed by atoms with Gasteiger partial charge in [-0.3, -0.25) is 0 Å². The highest BCUT2D eigenvalue weighted by atomic mass is 16.3. The monoisotopic (exact) mass is 272 g/mol. The Balaban J connectivity index is 1.50. The van der Waals surface area contributed by atoms with Gasteiger partial charge in [0.2, 0.25) is 0 Å². The minimum absolute atomic E-state index is 0.0530. The van der Waals surface area contributed by atoms with Crippen LogP contribution in [0.4, 0.5) is 0 Å². The van der Waals surface area contributed by atoms with Gasteiger partial charge in [0.25, 0.3) is 0 Å². The van der Waals surface area contributed by atoms with Crippen LogP contribution in [0.15, 0.2) is 30.3 Å². The molecule has 3 rings (SSSR count). The molecule has 1 aromatic rings. The summed E-state index contributed by atoms with van der Waals surface area (Å²) in [7, 11) is 0. The molecule has 0 saturated heterocycles. The summed E-state index contributed by atoms with van der Waals surface area (Å²) in [4.78, 5) is 0. The molecule has 1 heteroatoms. The molecule has 2 aliphatic rings. The number of rotatable bonds is 5. The largest absolute Gasteiger partial charge is 0.393 e. The van der Waals surface area contributed by atoms with Crippen molar-refractivity contribution < 1.29 is 5.11 Å². The van der Waals surface area contributed by atoms with Crippen LogP contribution in [-0.2, 0) is 0 Å². The average Bonchev–Trinajstić information content (AvgIpc) is 3.29. The summed E-state index contributed by atoms with van der Waals surface area (Å²) in [5.41, 5.74) is 1.43. The van der Waals surface area contributed by atoms with E-state index in [-0.39, 0.29) is 6.10 Å². The van der Waals surface area contributed by atoms with Crippen molar-refractivity contribution in [1.82, 2.24) is 0 Å². The van der Waals surface area contributed by atoms with Gasteiger partial charge in [-0.15, -0.1) is 0 Å². The van der Waals surface area contributed by atoms with Gasteiger partial charge in [-0.2, -0.15) is 0 Å². The zero-order valence-corrected chi connectivity index (χ0v) is 12.7. The molecule has 2 fully saturated rings. The van der Waals surface area contributed by atoms with Crippen molar-refractivity contribution in [2.24, 2.45) is 17.8 Å². The predicted octanol–water partition coefficient (Wildman–Crippen LogP) is 4.76. The standard InChI is InChI=1S/C19H28O/c1-2-6-14-9-11-16(12-10-14)19(20)18-13-17(18)15-7-4-3-5-8-15/h3-5,7-8,14,16-20H,2,6,9-13H2,1H3. The molecule has 3 unspecified atom stereocenters. The lowest BCUT2D eigenvalue weighted by atomic mass is 9.76. The van der Waals surface area contributed by atoms with Gasteiger partial charge in [-0.25, -0.2) is 0 Å². The lowest BCUT2D eigenvalue weighted by Crippen LogP contribution is -2.27. The van der Waals surface area contributed by atoms with Gasteiger partial charge in [0.1, 0.15) is 0 Å². The maximum atomic E-state index is 10.7. The molecule has 1 nitrogen and oxygen atoms in total. The quantitative estimate of drug-likeness (QED) is 0.819. The van der Waals surface area contributed by atoms with Crippen molar-refractivity contribution in [2.45, 2.75) is 63.9 Å². The van der Waals surface area contributed by atoms with E-state index in [4.69, 9.17) is 0 Å². The Hall–Kier alpha value is -0.820. The normalized spacial score (nSPS) is 34.7. The molecular formula is C19H28O. The lowest BCUT2D eigenvalue weighted by Gasteiger charge is -2.31. The van der Waals surface area contributed by atoms with Gasteiger partial charge >= 0.3 is 0 Å². The molecular weight excluding hydrogens is 244 g/mol. The Labute approximate surface area is 123 Å². The summed E-state index contributed by atoms with van der Waals surface area (Å²) in [6.45, 7) is 2.29. The first-order valence-electron chi connectivity index (χ1n) is 8.52. The van der Waals surface area contributed by atoms with E-state index in [1.807, 2.05) is 0 Å². The van der Waals surface area contributed by atoms with Crippen LogP contribution in [0.25, 0.3) is 0 Å². The average molecular weight is 272 g/mol. The van der Waals surface area contributed by atoms with E-state index in [9.17, 15) is 5.11 Å². The predicted molar refractivity (Wildman–Crippen MR) is 83.7 cm³/mol. The van der Waals surface area contributed by atoms with E-state index in [1.165, 1.54) is 50.5 Å². The minimum Gasteiger partial charge on any atom is -0.393 e. The van der Waals surface area contributed by atoms with Crippen LogP contribution in [0, 0.1) is 17.8 Å². The molecule has 0 bridgehead atoms. The molecule has 20 heavy (non-hydrogen) atoms. The van der Waals surface area contributed by atoms with Crippen LogP contribution in [0.1, 0.15) is 63.4 Å². The number of aliphatic hydroxyl groups excluding tert-OH is 1. The van der Waals surface area contributed by atoms with E-state index < -0.39 is 0 Å². The molecule has 0 radical (unpaired) electrons. The maximum Gasteiger partial charge on any atom is 0.0602 e. The molecule has 0 spiro atoms. The molecule has 1 aromatic carbocycles. The van der Waals surface area contributed by atoms with Crippen LogP contribution in [-0.4, -0.2) is 11.2 Å². The van der Waals surface area contributed by atoms with E-state index in [0.29, 0.717) is 17.8 Å². The van der Waals surface area contributed by atoms with Crippen molar-refractivity contribution in [3.63, 3.8) is 0 Å². The van der Waals surface area contributed by atoms with Crippen LogP contribution >= 0.6 is 0 Å². The number of benzene rings is 1. The highest BCUT2D eigenvalue weighted by molar-refractivity contribution is 5.26. The molecule has 0 aliphatic heterocycles. The van der Waals surface area contributed by atoms with Crippen LogP contribution in [0.3, 0.4) is 0 Å². The number of hydrogen-bond acceptors (Lipinski definition) is 1. The fourth-order valence-electron chi connectivity index (χ4n) is 4.25. The third kappa shape index (κ3) is 3.09. The van der Waals surface area contributed by atoms with Gasteiger partial charge < -0.3 is 5.11 Å². The van der Waals surface area contributed by atoms with Crippen molar-refractivity contribution >= 4 is 0 Å². The second-order valence-electron chi connectivity index (χ2n) is 6.98. The van der Waals surface area contributed by atoms with E-state index in [0.717, 1.165) is 5.92 Å². The van der Waals surface area contributed by atoms with Gasteiger partial charge in [0.05, 0.1) is 6.10 Å². The highest BCUT2D eigenvalue weighted by Crippen LogP contribution is 2.52. The molecule has 0 heterocycles. The first kappa shape index (κ1) is 14.1. The summed E-state index contributed by atoms with van der Waals surface area (Å²) >= 11 is 0. The second kappa shape index (κ2) is 6.30. The van der Waals surface area contributed by atoms with Crippen molar-refractivity contribution in [3.05, 3.63) is 35.9 Å². The second-order valence-corrected chi connectivity index (χ2v) is 6.98. The summed E-state index contributed by atoms with van der Waals surface area (Å²) < 4.78 is 0. The van der Waals surface area contributed by atoms with E-state index in [2.05, 4.69) is 37.3 Å². The Morgan fingerprint density at radius 1 is 1.10 bits per heavy atom. The third-order valence-electron chi connectivity index (χ3n) is 5.58. The Morgan fingerprint density at radius 2 is 1.80 bits per heavy atom. The van der Waals surface area contributed by atoms with Gasteiger partial charge in [-0.05, 0) is 48.5 Å². The number of hydrogen-bond donors (Lipinski definition) is 1. The molecule has 110 valence electrons. The minimum atomic E-state index is -0.0530. The smallest absolute Gasteiger partial charge is 0.0602 e. The van der Waals surface area contributed by atoms with Gasteiger partial charge in [0.15, 0.2) is 0 Å². The maximum absolute atomic E-state index is 10.7. The first-order valence-corrected chi connectivity index (χ1v) is 8.52. The molecule has 0 amide bonds. The number of aliphatic hydroxyl groups is 1. The van der Waals surface area contributed by atoms with E-state index in [1.54, 1.807) is 0 Å². The summed E-state index contributed by atoms with van der Waals surface area (Å²) in [5.74, 6) is 2.67. The Kier molecular flexibility index (Phi) is 4.45. The van der Waals surface area contributed by atoms with Crippen molar-refractivity contribution in [1.29, 1.82) is 0 Å². The Morgan fingerprint density at radius 3 is 2.45 bits per heavy atom. The van der Waals surface area contributed by atoms with E-state index >= 15 is 0 Å². The molecule has 0 aromatic heterocycles. The third-order valence-corrected chi connectivity index (χ3v) is 5.58. The molecule has 3 atom stereocenters. The molecule has 2 aliphatic carbocycles. The summed E-state index contributed by atoms with van der Waals surface area (Å²) in [6, 6.07) is 10.7.